The molecule has 0 heterocycles. The minimum atomic E-state index is -4.18. The van der Waals surface area contributed by atoms with Crippen LogP contribution in [0.5, 0.6) is 0 Å². The molecule has 0 amide bonds. The Hall–Kier alpha value is -1.12. The van der Waals surface area contributed by atoms with Gasteiger partial charge in [-0.25, -0.2) is 22.0 Å². The van der Waals surface area contributed by atoms with Crippen LogP contribution in [0.3, 0.4) is 0 Å². The monoisotopic (exact) mass is 306 g/mol. The number of hydrogen-bond acceptors (Lipinski definition) is 5. The zero-order chi connectivity index (χ0) is 14.8. The normalized spacial score (nSPS) is 14.3. The first-order chi connectivity index (χ1) is 8.60. The van der Waals surface area contributed by atoms with Gasteiger partial charge in [-0.2, -0.15) is 0 Å². The van der Waals surface area contributed by atoms with Crippen LogP contribution < -0.4 is 10.9 Å². The van der Waals surface area contributed by atoms with Gasteiger partial charge in [0.05, 0.1) is 4.90 Å². The SMILES string of the molecule is CCCC(S(N)(=O)=O)S(=O)(=O)c1ccc(N)c(C)c1. The van der Waals surface area contributed by atoms with Gasteiger partial charge in [0.25, 0.3) is 0 Å². The summed E-state index contributed by atoms with van der Waals surface area (Å²) < 4.78 is 46.0. The molecule has 1 atom stereocenters. The highest BCUT2D eigenvalue weighted by Crippen LogP contribution is 2.25. The van der Waals surface area contributed by atoms with Crippen LogP contribution in [0.2, 0.25) is 0 Å². The number of anilines is 1. The van der Waals surface area contributed by atoms with Crippen molar-refractivity contribution in [2.24, 2.45) is 5.14 Å². The molecule has 0 fully saturated rings. The molecule has 0 radical (unpaired) electrons. The lowest BCUT2D eigenvalue weighted by molar-refractivity contribution is 0.568. The number of rotatable bonds is 5. The molecule has 0 aliphatic rings. The maximum absolute atomic E-state index is 12.3. The fraction of sp³-hybridized carbons (Fsp3) is 0.455. The third-order valence-corrected chi connectivity index (χ3v) is 7.18. The molecule has 1 unspecified atom stereocenters. The van der Waals surface area contributed by atoms with Gasteiger partial charge in [0.15, 0.2) is 14.4 Å². The molecule has 1 rings (SSSR count). The van der Waals surface area contributed by atoms with Crippen LogP contribution in [-0.4, -0.2) is 21.4 Å². The minimum absolute atomic E-state index is 0.0371. The summed E-state index contributed by atoms with van der Waals surface area (Å²) >= 11 is 0. The van der Waals surface area contributed by atoms with E-state index in [1.807, 2.05) is 0 Å². The summed E-state index contributed by atoms with van der Waals surface area (Å²) in [4.78, 5) is -0.0772. The van der Waals surface area contributed by atoms with E-state index in [0.29, 0.717) is 17.7 Å². The second-order valence-corrected chi connectivity index (χ2v) is 8.55. The van der Waals surface area contributed by atoms with Crippen molar-refractivity contribution >= 4 is 25.5 Å². The number of primary sulfonamides is 1. The van der Waals surface area contributed by atoms with Gasteiger partial charge in [-0.15, -0.1) is 0 Å². The van der Waals surface area contributed by atoms with Crippen LogP contribution >= 0.6 is 0 Å². The first-order valence-electron chi connectivity index (χ1n) is 5.72. The second-order valence-electron chi connectivity index (χ2n) is 4.37. The smallest absolute Gasteiger partial charge is 0.226 e. The van der Waals surface area contributed by atoms with Crippen molar-refractivity contribution in [3.8, 4) is 0 Å². The van der Waals surface area contributed by atoms with Crippen LogP contribution in [0.25, 0.3) is 0 Å². The standard InChI is InChI=1S/C11H18N2O4S2/c1-3-4-11(19(13,16)17)18(14,15)9-5-6-10(12)8(2)7-9/h5-7,11H,3-4,12H2,1-2H3,(H2,13,16,17). The number of sulfone groups is 1. The summed E-state index contributed by atoms with van der Waals surface area (Å²) in [5.41, 5.74) is 6.64. The molecule has 4 N–H and O–H groups in total. The lowest BCUT2D eigenvalue weighted by atomic mass is 10.2. The molecule has 1 aromatic carbocycles. The van der Waals surface area contributed by atoms with Gasteiger partial charge in [-0.1, -0.05) is 13.3 Å². The molecule has 0 aliphatic heterocycles. The molecule has 0 aliphatic carbocycles. The molecule has 108 valence electrons. The Morgan fingerprint density at radius 1 is 1.21 bits per heavy atom. The number of aryl methyl sites for hydroxylation is 1. The van der Waals surface area contributed by atoms with E-state index >= 15 is 0 Å². The Morgan fingerprint density at radius 2 is 1.79 bits per heavy atom. The van der Waals surface area contributed by atoms with E-state index in [4.69, 9.17) is 10.9 Å². The topological polar surface area (TPSA) is 120 Å². The fourth-order valence-corrected chi connectivity index (χ4v) is 5.47. The highest BCUT2D eigenvalue weighted by molar-refractivity contribution is 8.08. The zero-order valence-electron chi connectivity index (χ0n) is 10.8. The van der Waals surface area contributed by atoms with Gasteiger partial charge in [-0.3, -0.25) is 0 Å². The van der Waals surface area contributed by atoms with Crippen molar-refractivity contribution in [3.05, 3.63) is 23.8 Å². The lowest BCUT2D eigenvalue weighted by Crippen LogP contribution is -2.35. The quantitative estimate of drug-likeness (QED) is 0.778. The Labute approximate surface area is 113 Å². The molecule has 0 saturated heterocycles. The van der Waals surface area contributed by atoms with Gasteiger partial charge < -0.3 is 5.73 Å². The van der Waals surface area contributed by atoms with Crippen LogP contribution in [0.1, 0.15) is 25.3 Å². The predicted octanol–water partition coefficient (Wildman–Crippen LogP) is 0.766. The lowest BCUT2D eigenvalue weighted by Gasteiger charge is -2.15. The highest BCUT2D eigenvalue weighted by atomic mass is 32.3. The maximum Gasteiger partial charge on any atom is 0.226 e. The third-order valence-electron chi connectivity index (χ3n) is 2.81. The van der Waals surface area contributed by atoms with Crippen LogP contribution in [0.4, 0.5) is 5.69 Å². The molecule has 8 heteroatoms. The molecular weight excluding hydrogens is 288 g/mol. The minimum Gasteiger partial charge on any atom is -0.399 e. The molecule has 1 aromatic rings. The summed E-state index contributed by atoms with van der Waals surface area (Å²) in [6, 6.07) is 4.10. The number of benzene rings is 1. The first-order valence-corrected chi connectivity index (χ1v) is 8.88. The Kier molecular flexibility index (Phi) is 4.59. The van der Waals surface area contributed by atoms with E-state index in [0.717, 1.165) is 0 Å². The summed E-state index contributed by atoms with van der Waals surface area (Å²) in [6.45, 7) is 3.35. The van der Waals surface area contributed by atoms with Gasteiger partial charge in [0.2, 0.25) is 10.0 Å². The number of hydrogen-bond donors (Lipinski definition) is 2. The van der Waals surface area contributed by atoms with Gasteiger partial charge in [-0.05, 0) is 37.1 Å². The third kappa shape index (κ3) is 3.46. The fourth-order valence-electron chi connectivity index (χ4n) is 1.71. The van der Waals surface area contributed by atoms with Crippen molar-refractivity contribution in [3.63, 3.8) is 0 Å². The number of nitrogen functional groups attached to an aromatic ring is 1. The van der Waals surface area contributed by atoms with E-state index in [-0.39, 0.29) is 11.3 Å². The molecule has 6 nitrogen and oxygen atoms in total. The average Bonchev–Trinajstić information content (AvgIpc) is 2.27. The van der Waals surface area contributed by atoms with Crippen LogP contribution in [0.15, 0.2) is 23.1 Å². The highest BCUT2D eigenvalue weighted by Gasteiger charge is 2.35. The van der Waals surface area contributed by atoms with E-state index in [1.165, 1.54) is 18.2 Å². The van der Waals surface area contributed by atoms with E-state index in [9.17, 15) is 16.8 Å². The summed E-state index contributed by atoms with van der Waals surface area (Å²) in [7, 11) is -8.20. The van der Waals surface area contributed by atoms with Crippen LogP contribution in [0, 0.1) is 6.92 Å². The number of nitrogens with two attached hydrogens (primary N) is 2. The maximum atomic E-state index is 12.3. The second kappa shape index (κ2) is 5.48. The molecule has 0 bridgehead atoms. The molecule has 19 heavy (non-hydrogen) atoms. The summed E-state index contributed by atoms with van der Waals surface area (Å²) in [5, 5.41) is 5.03. The van der Waals surface area contributed by atoms with E-state index < -0.39 is 24.4 Å². The summed E-state index contributed by atoms with van der Waals surface area (Å²) in [6.07, 6.45) is 0.360. The van der Waals surface area contributed by atoms with Gasteiger partial charge >= 0.3 is 0 Å². The molecule has 0 spiro atoms. The zero-order valence-corrected chi connectivity index (χ0v) is 12.5. The Morgan fingerprint density at radius 3 is 2.21 bits per heavy atom. The number of sulfonamides is 1. The largest absolute Gasteiger partial charge is 0.399 e. The van der Waals surface area contributed by atoms with Gasteiger partial charge in [0.1, 0.15) is 0 Å². The van der Waals surface area contributed by atoms with Crippen LogP contribution in [-0.2, 0) is 19.9 Å². The summed E-state index contributed by atoms with van der Waals surface area (Å²) in [5.74, 6) is 0. The van der Waals surface area contributed by atoms with Crippen molar-refractivity contribution in [1.29, 1.82) is 0 Å². The van der Waals surface area contributed by atoms with E-state index in [2.05, 4.69) is 0 Å². The molecule has 0 saturated carbocycles. The molecular formula is C11H18N2O4S2. The predicted molar refractivity (Wildman–Crippen MR) is 74.6 cm³/mol. The molecule has 0 aromatic heterocycles. The van der Waals surface area contributed by atoms with Crippen molar-refractivity contribution < 1.29 is 16.8 Å². The Bertz CT molecular complexity index is 666. The van der Waals surface area contributed by atoms with Crippen molar-refractivity contribution in [2.75, 3.05) is 5.73 Å². The Balaban J connectivity index is 3.39. The first kappa shape index (κ1) is 15.9. The van der Waals surface area contributed by atoms with E-state index in [1.54, 1.807) is 13.8 Å². The average molecular weight is 306 g/mol. The van der Waals surface area contributed by atoms with Crippen molar-refractivity contribution in [1.82, 2.24) is 0 Å². The van der Waals surface area contributed by atoms with Gasteiger partial charge in [0, 0.05) is 5.69 Å². The van der Waals surface area contributed by atoms with Crippen molar-refractivity contribution in [2.45, 2.75) is 36.2 Å².